The van der Waals surface area contributed by atoms with Gasteiger partial charge < -0.3 is 74.0 Å². The van der Waals surface area contributed by atoms with Crippen LogP contribution >= 0.6 is 0 Å². The van der Waals surface area contributed by atoms with Gasteiger partial charge in [-0.15, -0.1) is 0 Å². The van der Waals surface area contributed by atoms with Crippen molar-refractivity contribution in [2.75, 3.05) is 34.0 Å². The molecule has 2 aliphatic rings. The maximum Gasteiger partial charge on any atom is 0.331 e. The predicted molar refractivity (Wildman–Crippen MR) is 164 cm³/mol. The minimum absolute atomic E-state index is 0.0303. The van der Waals surface area contributed by atoms with Crippen LogP contribution in [0.5, 0.6) is 23.0 Å². The van der Waals surface area contributed by atoms with Crippen molar-refractivity contribution in [1.29, 1.82) is 0 Å². The molecule has 0 radical (unpaired) electrons. The van der Waals surface area contributed by atoms with Gasteiger partial charge in [-0.1, -0.05) is 12.1 Å². The third kappa shape index (κ3) is 8.66. The topological polar surface area (TPSA) is 261 Å². The minimum atomic E-state index is -2.48. The molecule has 0 aromatic heterocycles. The fraction of sp³-hybridized carbons (Fsp3) is 0.438. The maximum absolute atomic E-state index is 12.9. The Morgan fingerprint density at radius 2 is 1.43 bits per heavy atom. The Morgan fingerprint density at radius 1 is 0.816 bits per heavy atom. The Labute approximate surface area is 279 Å². The number of methoxy groups -OCH3 is 2. The van der Waals surface area contributed by atoms with Crippen molar-refractivity contribution >= 4 is 24.1 Å². The Balaban J connectivity index is 1.48. The van der Waals surface area contributed by atoms with Crippen molar-refractivity contribution in [2.24, 2.45) is 0 Å². The molecular formula is C32H38O17. The molecule has 2 heterocycles. The number of rotatable bonds is 13. The molecule has 0 spiro atoms. The highest BCUT2D eigenvalue weighted by molar-refractivity contribution is 5.88. The van der Waals surface area contributed by atoms with Gasteiger partial charge in [0.25, 0.3) is 0 Å². The van der Waals surface area contributed by atoms with E-state index in [1.807, 2.05) is 0 Å². The Bertz CT molecular complexity index is 1470. The summed E-state index contributed by atoms with van der Waals surface area (Å²) in [5, 5.41) is 82.2. The van der Waals surface area contributed by atoms with Crippen LogP contribution in [-0.2, 0) is 33.3 Å². The smallest absolute Gasteiger partial charge is 0.331 e. The minimum Gasteiger partial charge on any atom is -0.508 e. The van der Waals surface area contributed by atoms with Gasteiger partial charge in [-0.3, -0.25) is 0 Å². The van der Waals surface area contributed by atoms with E-state index in [2.05, 4.69) is 0 Å². The second kappa shape index (κ2) is 16.4. The van der Waals surface area contributed by atoms with E-state index in [9.17, 15) is 50.4 Å². The maximum atomic E-state index is 12.9. The first-order valence-electron chi connectivity index (χ1n) is 14.8. The number of aliphatic hydroxyl groups excluding tert-OH is 6. The van der Waals surface area contributed by atoms with Gasteiger partial charge in [-0.25, -0.2) is 9.59 Å². The van der Waals surface area contributed by atoms with E-state index in [4.69, 9.17) is 33.2 Å². The SMILES string of the molecule is COc1cc(C=CC(=O)O[C@H]2[C@H](O)[C@@H](CO)O[C@@]2(CO)O[C@H]2O[C@H](COC(=O)C=Cc3ccc(O)cc3)[C@@H](O)[C@H](O)[C@H]2O)cc(OC)c1O. The van der Waals surface area contributed by atoms with Crippen LogP contribution in [-0.4, -0.2) is 142 Å². The number of carbonyl (C=O) groups is 2. The van der Waals surface area contributed by atoms with E-state index in [0.717, 1.165) is 12.2 Å². The largest absolute Gasteiger partial charge is 0.508 e. The lowest BCUT2D eigenvalue weighted by atomic mass is 9.99. The molecule has 4 rings (SSSR count). The lowest BCUT2D eigenvalue weighted by Crippen LogP contribution is -2.63. The zero-order valence-electron chi connectivity index (χ0n) is 26.3. The number of benzene rings is 2. The van der Waals surface area contributed by atoms with Crippen LogP contribution in [0.3, 0.4) is 0 Å². The van der Waals surface area contributed by atoms with Crippen LogP contribution in [0.4, 0.5) is 0 Å². The summed E-state index contributed by atoms with van der Waals surface area (Å²) < 4.78 is 37.5. The molecule has 0 saturated carbocycles. The molecule has 8 N–H and O–H groups in total. The first-order valence-corrected chi connectivity index (χ1v) is 14.8. The van der Waals surface area contributed by atoms with Crippen molar-refractivity contribution in [1.82, 2.24) is 0 Å². The number of aliphatic hydroxyl groups is 6. The quantitative estimate of drug-likeness (QED) is 0.0882. The third-order valence-electron chi connectivity index (χ3n) is 7.71. The average Bonchev–Trinajstić information content (AvgIpc) is 3.36. The molecule has 17 nitrogen and oxygen atoms in total. The van der Waals surface area contributed by atoms with Crippen molar-refractivity contribution in [3.8, 4) is 23.0 Å². The number of phenolic OH excluding ortho intramolecular Hbond substituents is 2. The lowest BCUT2D eigenvalue weighted by molar-refractivity contribution is -0.383. The van der Waals surface area contributed by atoms with Crippen molar-refractivity contribution in [3.05, 3.63) is 59.7 Å². The second-order valence-corrected chi connectivity index (χ2v) is 11.0. The average molecular weight is 695 g/mol. The zero-order valence-corrected chi connectivity index (χ0v) is 26.3. The summed E-state index contributed by atoms with van der Waals surface area (Å²) in [5.74, 6) is -4.60. The van der Waals surface area contributed by atoms with Gasteiger partial charge in [0.1, 0.15) is 55.6 Å². The van der Waals surface area contributed by atoms with Crippen LogP contribution < -0.4 is 9.47 Å². The number of aromatic hydroxyl groups is 2. The van der Waals surface area contributed by atoms with E-state index in [0.29, 0.717) is 11.1 Å². The van der Waals surface area contributed by atoms with E-state index >= 15 is 0 Å². The number of hydrogen-bond acceptors (Lipinski definition) is 17. The summed E-state index contributed by atoms with van der Waals surface area (Å²) in [4.78, 5) is 25.2. The van der Waals surface area contributed by atoms with E-state index in [1.165, 1.54) is 50.6 Å². The predicted octanol–water partition coefficient (Wildman–Crippen LogP) is -1.44. The third-order valence-corrected chi connectivity index (χ3v) is 7.71. The number of hydrogen-bond donors (Lipinski definition) is 8. The number of carbonyl (C=O) groups excluding carboxylic acids is 2. The Hall–Kier alpha value is -4.30. The van der Waals surface area contributed by atoms with Gasteiger partial charge in [0.15, 0.2) is 23.9 Å². The standard InChI is InChI=1S/C32H38O17/c1-43-19-11-17(12-20(44-2)25(19)38)6-10-24(37)47-30-27(40)21(13-33)48-32(30,15-34)49-31-29(42)28(41)26(39)22(46-31)14-45-23(36)9-5-16-3-7-18(35)8-4-16/h3-12,21-22,26-31,33-35,38-42H,13-15H2,1-2H3/t21-,22-,26-,27-,28+,29-,30+,31-,32+/m1/s1. The molecule has 2 aromatic carbocycles. The molecule has 268 valence electrons. The van der Waals surface area contributed by atoms with Gasteiger partial charge in [-0.2, -0.15) is 0 Å². The molecule has 0 unspecified atom stereocenters. The molecule has 0 aliphatic carbocycles. The van der Waals surface area contributed by atoms with E-state index < -0.39 is 86.6 Å². The molecule has 49 heavy (non-hydrogen) atoms. The van der Waals surface area contributed by atoms with Crippen LogP contribution in [0, 0.1) is 0 Å². The normalized spacial score (nSPS) is 30.0. The summed E-state index contributed by atoms with van der Waals surface area (Å²) in [7, 11) is 2.62. The van der Waals surface area contributed by atoms with Crippen molar-refractivity contribution < 1.29 is 83.6 Å². The highest BCUT2D eigenvalue weighted by atomic mass is 16.8. The monoisotopic (exact) mass is 694 g/mol. The first-order chi connectivity index (χ1) is 23.4. The van der Waals surface area contributed by atoms with Gasteiger partial charge in [-0.05, 0) is 47.5 Å². The summed E-state index contributed by atoms with van der Waals surface area (Å²) in [5.41, 5.74) is 0.898. The first kappa shape index (κ1) is 37.5. The van der Waals surface area contributed by atoms with Gasteiger partial charge in [0, 0.05) is 12.2 Å². The van der Waals surface area contributed by atoms with Crippen LogP contribution in [0.25, 0.3) is 12.2 Å². The van der Waals surface area contributed by atoms with Crippen LogP contribution in [0.1, 0.15) is 11.1 Å². The molecule has 9 atom stereocenters. The molecule has 2 aromatic rings. The van der Waals surface area contributed by atoms with Gasteiger partial charge in [0.2, 0.25) is 11.5 Å². The summed E-state index contributed by atoms with van der Waals surface area (Å²) >= 11 is 0. The van der Waals surface area contributed by atoms with Crippen LogP contribution in [0.15, 0.2) is 48.6 Å². The summed E-state index contributed by atoms with van der Waals surface area (Å²) in [6.45, 7) is -2.61. The number of ether oxygens (including phenoxy) is 7. The lowest BCUT2D eigenvalue weighted by Gasteiger charge is -2.43. The molecule has 2 aliphatic heterocycles. The van der Waals surface area contributed by atoms with Crippen LogP contribution in [0.2, 0.25) is 0 Å². The fourth-order valence-electron chi connectivity index (χ4n) is 5.06. The Kier molecular flexibility index (Phi) is 12.6. The molecule has 0 amide bonds. The number of esters is 2. The molecular weight excluding hydrogens is 656 g/mol. The zero-order chi connectivity index (χ0) is 35.9. The van der Waals surface area contributed by atoms with E-state index in [1.54, 1.807) is 12.1 Å². The summed E-state index contributed by atoms with van der Waals surface area (Å²) in [6.07, 6.45) is -9.59. The van der Waals surface area contributed by atoms with E-state index in [-0.39, 0.29) is 23.0 Å². The molecule has 2 fully saturated rings. The van der Waals surface area contributed by atoms with Gasteiger partial charge in [0.05, 0.1) is 20.8 Å². The fourth-order valence-corrected chi connectivity index (χ4v) is 5.06. The second-order valence-electron chi connectivity index (χ2n) is 11.0. The highest BCUT2D eigenvalue weighted by Crippen LogP contribution is 2.39. The van der Waals surface area contributed by atoms with Crippen molar-refractivity contribution in [3.63, 3.8) is 0 Å². The highest BCUT2D eigenvalue weighted by Gasteiger charge is 2.60. The molecule has 2 saturated heterocycles. The van der Waals surface area contributed by atoms with Crippen molar-refractivity contribution in [2.45, 2.75) is 54.8 Å². The summed E-state index contributed by atoms with van der Waals surface area (Å²) in [6, 6.07) is 8.68. The molecule has 17 heteroatoms. The van der Waals surface area contributed by atoms with Gasteiger partial charge >= 0.3 is 11.9 Å². The Morgan fingerprint density at radius 3 is 2.02 bits per heavy atom. The molecule has 0 bridgehead atoms. The number of phenols is 2.